The molecule has 2 rings (SSSR count). The van der Waals surface area contributed by atoms with E-state index < -0.39 is 0 Å². The average molecular weight is 324 g/mol. The third kappa shape index (κ3) is 4.45. The predicted octanol–water partition coefficient (Wildman–Crippen LogP) is 2.72. The lowest BCUT2D eigenvalue weighted by atomic mass is 10.1. The molecule has 0 aromatic carbocycles. The Hall–Kier alpha value is -1.59. The summed E-state index contributed by atoms with van der Waals surface area (Å²) in [5.41, 5.74) is 3.64. The maximum atomic E-state index is 4.54. The molecule has 0 radical (unpaired) electrons. The first-order valence-corrected chi connectivity index (χ1v) is 7.33. The topological polar surface area (TPSA) is 46.0 Å². The first-order chi connectivity index (χ1) is 9.99. The third-order valence-corrected chi connectivity index (χ3v) is 3.41. The van der Waals surface area contributed by atoms with Gasteiger partial charge in [0.05, 0.1) is 5.69 Å². The van der Waals surface area contributed by atoms with Crippen molar-refractivity contribution in [1.82, 2.24) is 20.1 Å². The maximum Gasteiger partial charge on any atom is 0.132 e. The minimum Gasteiger partial charge on any atom is -0.362 e. The molecular weight excluding hydrogens is 298 g/mol. The minimum atomic E-state index is 0. The van der Waals surface area contributed by atoms with Crippen LogP contribution in [0.15, 0.2) is 24.5 Å². The van der Waals surface area contributed by atoms with Crippen molar-refractivity contribution in [2.24, 2.45) is 7.05 Å². The number of aryl methyl sites for hydroxylation is 1. The van der Waals surface area contributed by atoms with Gasteiger partial charge in [0, 0.05) is 57.8 Å². The van der Waals surface area contributed by atoms with Crippen molar-refractivity contribution in [3.63, 3.8) is 0 Å². The van der Waals surface area contributed by atoms with Crippen LogP contribution < -0.4 is 10.2 Å². The predicted molar refractivity (Wildman–Crippen MR) is 93.7 cm³/mol. The molecule has 0 aliphatic rings. The van der Waals surface area contributed by atoms with Gasteiger partial charge in [0.15, 0.2) is 0 Å². The van der Waals surface area contributed by atoms with E-state index in [0.717, 1.165) is 18.9 Å². The quantitative estimate of drug-likeness (QED) is 0.888. The molecule has 22 heavy (non-hydrogen) atoms. The largest absolute Gasteiger partial charge is 0.362 e. The summed E-state index contributed by atoms with van der Waals surface area (Å²) in [6.45, 7) is 5.98. The van der Waals surface area contributed by atoms with E-state index in [1.165, 1.54) is 16.8 Å². The number of nitrogens with one attached hydrogen (secondary N) is 1. The highest BCUT2D eigenvalue weighted by molar-refractivity contribution is 5.85. The number of pyridine rings is 1. The van der Waals surface area contributed by atoms with Gasteiger partial charge in [-0.15, -0.1) is 12.4 Å². The lowest BCUT2D eigenvalue weighted by molar-refractivity contribution is 0.675. The van der Waals surface area contributed by atoms with E-state index in [-0.39, 0.29) is 12.4 Å². The molecule has 0 fully saturated rings. The van der Waals surface area contributed by atoms with Crippen molar-refractivity contribution in [1.29, 1.82) is 0 Å². The highest BCUT2D eigenvalue weighted by Gasteiger charge is 2.11. The second-order valence-electron chi connectivity index (χ2n) is 5.85. The summed E-state index contributed by atoms with van der Waals surface area (Å²) in [5, 5.41) is 8.04. The van der Waals surface area contributed by atoms with Crippen LogP contribution in [-0.4, -0.2) is 28.9 Å². The van der Waals surface area contributed by atoms with Crippen LogP contribution in [0.1, 0.15) is 36.6 Å². The Morgan fingerprint density at radius 3 is 2.55 bits per heavy atom. The Morgan fingerprint density at radius 2 is 1.91 bits per heavy atom. The minimum absolute atomic E-state index is 0. The molecule has 0 aliphatic carbocycles. The van der Waals surface area contributed by atoms with E-state index in [9.17, 15) is 0 Å². The molecular formula is C16H26ClN5. The monoisotopic (exact) mass is 323 g/mol. The van der Waals surface area contributed by atoms with Crippen LogP contribution in [0.2, 0.25) is 0 Å². The fourth-order valence-electron chi connectivity index (χ4n) is 2.48. The number of anilines is 1. The molecule has 0 saturated carbocycles. The molecule has 0 aliphatic heterocycles. The molecule has 2 aromatic rings. The summed E-state index contributed by atoms with van der Waals surface area (Å²) in [4.78, 5) is 6.47. The van der Waals surface area contributed by atoms with Gasteiger partial charge in [-0.3, -0.25) is 4.68 Å². The van der Waals surface area contributed by atoms with Gasteiger partial charge in [-0.1, -0.05) is 19.9 Å². The van der Waals surface area contributed by atoms with Gasteiger partial charge in [-0.05, 0) is 12.0 Å². The van der Waals surface area contributed by atoms with Crippen molar-refractivity contribution in [3.05, 3.63) is 41.3 Å². The Kier molecular flexibility index (Phi) is 6.84. The van der Waals surface area contributed by atoms with E-state index in [1.807, 2.05) is 43.0 Å². The van der Waals surface area contributed by atoms with Gasteiger partial charge in [-0.25, -0.2) is 4.98 Å². The number of halogens is 1. The average Bonchev–Trinajstić information content (AvgIpc) is 2.80. The molecule has 0 spiro atoms. The molecule has 1 N–H and O–H groups in total. The van der Waals surface area contributed by atoms with E-state index in [0.29, 0.717) is 5.92 Å². The van der Waals surface area contributed by atoms with E-state index >= 15 is 0 Å². The van der Waals surface area contributed by atoms with Crippen molar-refractivity contribution in [3.8, 4) is 0 Å². The zero-order valence-corrected chi connectivity index (χ0v) is 14.8. The molecule has 2 aromatic heterocycles. The standard InChI is InChI=1S/C16H25N5.ClH/c1-12(2)15-14(11-21(5)19-15)10-17-9-13-7-6-8-18-16(13)20(3)4;/h6-8,11-12,17H,9-10H2,1-5H3;1H. The normalized spacial score (nSPS) is 10.6. The van der Waals surface area contributed by atoms with E-state index in [2.05, 4.69) is 41.5 Å². The van der Waals surface area contributed by atoms with Gasteiger partial charge in [0.25, 0.3) is 0 Å². The molecule has 0 saturated heterocycles. The van der Waals surface area contributed by atoms with Crippen LogP contribution >= 0.6 is 12.4 Å². The summed E-state index contributed by atoms with van der Waals surface area (Å²) in [7, 11) is 6.01. The Bertz CT molecular complexity index is 592. The van der Waals surface area contributed by atoms with Gasteiger partial charge in [0.1, 0.15) is 5.82 Å². The zero-order chi connectivity index (χ0) is 15.4. The van der Waals surface area contributed by atoms with Crippen LogP contribution in [0.25, 0.3) is 0 Å². The van der Waals surface area contributed by atoms with Crippen LogP contribution in [-0.2, 0) is 20.1 Å². The maximum absolute atomic E-state index is 4.54. The molecule has 6 heteroatoms. The van der Waals surface area contributed by atoms with E-state index in [1.54, 1.807) is 0 Å². The summed E-state index contributed by atoms with van der Waals surface area (Å²) in [6.07, 6.45) is 3.93. The highest BCUT2D eigenvalue weighted by Crippen LogP contribution is 2.18. The fourth-order valence-corrected chi connectivity index (χ4v) is 2.48. The SMILES string of the molecule is CC(C)c1nn(C)cc1CNCc1cccnc1N(C)C.Cl. The molecule has 0 bridgehead atoms. The number of nitrogens with zero attached hydrogens (tertiary/aromatic N) is 4. The Morgan fingerprint density at radius 1 is 1.23 bits per heavy atom. The second kappa shape index (κ2) is 8.15. The summed E-state index contributed by atoms with van der Waals surface area (Å²) in [5.74, 6) is 1.46. The van der Waals surface area contributed by atoms with Crippen LogP contribution in [0.5, 0.6) is 0 Å². The molecule has 0 amide bonds. The molecule has 0 unspecified atom stereocenters. The van der Waals surface area contributed by atoms with Crippen molar-refractivity contribution < 1.29 is 0 Å². The van der Waals surface area contributed by atoms with Crippen LogP contribution in [0.3, 0.4) is 0 Å². The smallest absolute Gasteiger partial charge is 0.132 e. The summed E-state index contributed by atoms with van der Waals surface area (Å²) >= 11 is 0. The number of hydrogen-bond acceptors (Lipinski definition) is 4. The number of aromatic nitrogens is 3. The van der Waals surface area contributed by atoms with Gasteiger partial charge in [0.2, 0.25) is 0 Å². The summed E-state index contributed by atoms with van der Waals surface area (Å²) in [6, 6.07) is 4.09. The zero-order valence-electron chi connectivity index (χ0n) is 14.0. The first kappa shape index (κ1) is 18.5. The van der Waals surface area contributed by atoms with Crippen molar-refractivity contribution >= 4 is 18.2 Å². The molecule has 0 atom stereocenters. The van der Waals surface area contributed by atoms with Gasteiger partial charge in [-0.2, -0.15) is 5.10 Å². The lowest BCUT2D eigenvalue weighted by Gasteiger charge is -2.16. The second-order valence-corrected chi connectivity index (χ2v) is 5.85. The number of hydrogen-bond donors (Lipinski definition) is 1. The van der Waals surface area contributed by atoms with Gasteiger partial charge >= 0.3 is 0 Å². The third-order valence-electron chi connectivity index (χ3n) is 3.41. The van der Waals surface area contributed by atoms with Crippen molar-refractivity contribution in [2.45, 2.75) is 32.9 Å². The molecule has 122 valence electrons. The Balaban J connectivity index is 0.00000242. The number of rotatable bonds is 6. The Labute approximate surface area is 139 Å². The van der Waals surface area contributed by atoms with Crippen molar-refractivity contribution in [2.75, 3.05) is 19.0 Å². The molecule has 2 heterocycles. The van der Waals surface area contributed by atoms with Crippen LogP contribution in [0.4, 0.5) is 5.82 Å². The fraction of sp³-hybridized carbons (Fsp3) is 0.500. The highest BCUT2D eigenvalue weighted by atomic mass is 35.5. The first-order valence-electron chi connectivity index (χ1n) is 7.33. The van der Waals surface area contributed by atoms with E-state index in [4.69, 9.17) is 0 Å². The van der Waals surface area contributed by atoms with Gasteiger partial charge < -0.3 is 10.2 Å². The molecule has 5 nitrogen and oxygen atoms in total. The lowest BCUT2D eigenvalue weighted by Crippen LogP contribution is -2.18. The summed E-state index contributed by atoms with van der Waals surface area (Å²) < 4.78 is 1.89. The van der Waals surface area contributed by atoms with Crippen LogP contribution in [0, 0.1) is 0 Å².